The maximum Gasteiger partial charge on any atom is 0.338 e. The molecule has 0 saturated heterocycles. The molecule has 0 spiro atoms. The van der Waals surface area contributed by atoms with Gasteiger partial charge in [-0.3, -0.25) is 9.36 Å². The van der Waals surface area contributed by atoms with E-state index in [1.165, 1.54) is 11.3 Å². The van der Waals surface area contributed by atoms with E-state index in [0.29, 0.717) is 20.6 Å². The van der Waals surface area contributed by atoms with Crippen LogP contribution in [0.25, 0.3) is 17.5 Å². The highest BCUT2D eigenvalue weighted by Gasteiger charge is 2.35. The first-order valence-corrected chi connectivity index (χ1v) is 15.3. The van der Waals surface area contributed by atoms with E-state index < -0.39 is 12.0 Å². The lowest BCUT2D eigenvalue weighted by Crippen LogP contribution is -2.40. The van der Waals surface area contributed by atoms with Gasteiger partial charge in [0.2, 0.25) is 0 Å². The van der Waals surface area contributed by atoms with Gasteiger partial charge in [0.25, 0.3) is 5.56 Å². The van der Waals surface area contributed by atoms with Crippen LogP contribution in [-0.2, 0) is 9.53 Å². The van der Waals surface area contributed by atoms with E-state index in [2.05, 4.69) is 52.5 Å². The van der Waals surface area contributed by atoms with Crippen molar-refractivity contribution in [3.8, 4) is 5.69 Å². The Kier molecular flexibility index (Phi) is 7.66. The third-order valence-electron chi connectivity index (χ3n) is 7.33. The number of thiazole rings is 1. The minimum absolute atomic E-state index is 0.199. The molecule has 0 unspecified atom stereocenters. The fourth-order valence-corrected chi connectivity index (χ4v) is 6.71. The third kappa shape index (κ3) is 5.01. The Morgan fingerprint density at radius 1 is 1.00 bits per heavy atom. The van der Waals surface area contributed by atoms with Crippen LogP contribution in [-0.4, -0.2) is 21.7 Å². The standard InChI is InChI=1S/C34H28BrN3O3S/c1-4-41-33(40)29-30(23-11-7-5-8-12-23)36-34-38(31(29)24-13-9-6-10-14-24)32(39)28(42-34)20-25-19-21(2)37(22(25)3)27-17-15-26(35)16-18-27/h5-20,31H,4H2,1-3H3/b28-20-/t31-/m1/s1. The molecular formula is C34H28BrN3O3S. The van der Waals surface area contributed by atoms with Crippen molar-refractivity contribution in [2.24, 2.45) is 4.99 Å². The number of benzene rings is 3. The van der Waals surface area contributed by atoms with Gasteiger partial charge in [-0.25, -0.2) is 9.79 Å². The zero-order valence-corrected chi connectivity index (χ0v) is 25.8. The molecule has 0 bridgehead atoms. The predicted molar refractivity (Wildman–Crippen MR) is 170 cm³/mol. The smallest absolute Gasteiger partial charge is 0.338 e. The van der Waals surface area contributed by atoms with E-state index in [0.717, 1.165) is 38.2 Å². The summed E-state index contributed by atoms with van der Waals surface area (Å²) in [5.74, 6) is -0.485. The Balaban J connectivity index is 1.59. The van der Waals surface area contributed by atoms with Crippen molar-refractivity contribution < 1.29 is 9.53 Å². The molecular weight excluding hydrogens is 610 g/mol. The number of carbonyl (C=O) groups is 1. The van der Waals surface area contributed by atoms with Crippen molar-refractivity contribution in [2.75, 3.05) is 6.61 Å². The van der Waals surface area contributed by atoms with Gasteiger partial charge in [0, 0.05) is 27.1 Å². The number of halogens is 1. The summed E-state index contributed by atoms with van der Waals surface area (Å²) in [6.07, 6.45) is 1.93. The van der Waals surface area contributed by atoms with Crippen LogP contribution in [0.4, 0.5) is 0 Å². The molecule has 0 saturated carbocycles. The highest BCUT2D eigenvalue weighted by Crippen LogP contribution is 2.35. The first-order chi connectivity index (χ1) is 20.4. The average Bonchev–Trinajstić information content (AvgIpc) is 3.47. The molecule has 0 amide bonds. The molecule has 42 heavy (non-hydrogen) atoms. The molecule has 6 rings (SSSR count). The normalized spacial score (nSPS) is 15.0. The minimum Gasteiger partial charge on any atom is -0.463 e. The van der Waals surface area contributed by atoms with Crippen molar-refractivity contribution in [2.45, 2.75) is 26.8 Å². The van der Waals surface area contributed by atoms with Crippen LogP contribution >= 0.6 is 27.3 Å². The maximum absolute atomic E-state index is 14.2. The number of aromatic nitrogens is 2. The van der Waals surface area contributed by atoms with Crippen molar-refractivity contribution >= 4 is 45.0 Å². The number of esters is 1. The summed E-state index contributed by atoms with van der Waals surface area (Å²) in [4.78, 5) is 33.2. The van der Waals surface area contributed by atoms with Gasteiger partial charge in [-0.2, -0.15) is 0 Å². The Bertz CT molecular complexity index is 2000. The van der Waals surface area contributed by atoms with E-state index in [1.54, 1.807) is 11.5 Å². The Morgan fingerprint density at radius 3 is 2.33 bits per heavy atom. The molecule has 1 aliphatic heterocycles. The molecule has 8 heteroatoms. The molecule has 3 heterocycles. The van der Waals surface area contributed by atoms with Crippen LogP contribution in [0.2, 0.25) is 0 Å². The summed E-state index contributed by atoms with van der Waals surface area (Å²) in [6.45, 7) is 6.10. The van der Waals surface area contributed by atoms with Crippen LogP contribution in [0.15, 0.2) is 111 Å². The van der Waals surface area contributed by atoms with E-state index >= 15 is 0 Å². The zero-order chi connectivity index (χ0) is 29.4. The largest absolute Gasteiger partial charge is 0.463 e. The lowest BCUT2D eigenvalue weighted by molar-refractivity contribution is -0.138. The van der Waals surface area contributed by atoms with Crippen molar-refractivity contribution in [1.29, 1.82) is 0 Å². The van der Waals surface area contributed by atoms with Gasteiger partial charge in [-0.15, -0.1) is 0 Å². The number of fused-ring (bicyclic) bond motifs is 1. The van der Waals surface area contributed by atoms with E-state index in [4.69, 9.17) is 9.73 Å². The second-order valence-corrected chi connectivity index (χ2v) is 11.9. The fraction of sp³-hybridized carbons (Fsp3) is 0.147. The fourth-order valence-electron chi connectivity index (χ4n) is 5.45. The van der Waals surface area contributed by atoms with Crippen molar-refractivity contribution in [1.82, 2.24) is 9.13 Å². The number of carbonyl (C=O) groups excluding carboxylic acids is 1. The van der Waals surface area contributed by atoms with E-state index in [1.807, 2.05) is 78.9 Å². The Hall–Kier alpha value is -4.27. The molecule has 0 fully saturated rings. The summed E-state index contributed by atoms with van der Waals surface area (Å²) in [5.41, 5.74) is 6.35. The Morgan fingerprint density at radius 2 is 1.67 bits per heavy atom. The van der Waals surface area contributed by atoms with Gasteiger partial charge >= 0.3 is 5.97 Å². The van der Waals surface area contributed by atoms with Gasteiger partial charge in [0.05, 0.1) is 28.5 Å². The first-order valence-electron chi connectivity index (χ1n) is 13.7. The average molecular weight is 639 g/mol. The monoisotopic (exact) mass is 637 g/mol. The zero-order valence-electron chi connectivity index (χ0n) is 23.4. The number of ether oxygens (including phenoxy) is 1. The molecule has 1 atom stereocenters. The molecule has 0 radical (unpaired) electrons. The molecule has 0 aliphatic carbocycles. The SMILES string of the molecule is CCOC(=O)C1=C(c2ccccc2)N=c2s/c(=C\c3cc(C)n(-c4ccc(Br)cc4)c3C)c(=O)n2[C@@H]1c1ccccc1. The van der Waals surface area contributed by atoms with Gasteiger partial charge in [-0.05, 0) is 68.3 Å². The number of aryl methyl sites for hydroxylation is 1. The van der Waals surface area contributed by atoms with Crippen LogP contribution in [0.3, 0.4) is 0 Å². The highest BCUT2D eigenvalue weighted by molar-refractivity contribution is 9.10. The van der Waals surface area contributed by atoms with Gasteiger partial charge in [0.1, 0.15) is 0 Å². The number of rotatable bonds is 6. The van der Waals surface area contributed by atoms with Crippen LogP contribution in [0, 0.1) is 13.8 Å². The second-order valence-electron chi connectivity index (χ2n) is 9.98. The van der Waals surface area contributed by atoms with Crippen molar-refractivity contribution in [3.63, 3.8) is 0 Å². The third-order valence-corrected chi connectivity index (χ3v) is 8.84. The van der Waals surface area contributed by atoms with Gasteiger partial charge < -0.3 is 9.30 Å². The summed E-state index contributed by atoms with van der Waals surface area (Å²) in [7, 11) is 0. The summed E-state index contributed by atoms with van der Waals surface area (Å²) >= 11 is 4.84. The molecule has 2 aromatic heterocycles. The lowest BCUT2D eigenvalue weighted by atomic mass is 9.93. The van der Waals surface area contributed by atoms with Crippen LogP contribution in [0.5, 0.6) is 0 Å². The topological polar surface area (TPSA) is 65.6 Å². The van der Waals surface area contributed by atoms with Gasteiger partial charge in [-0.1, -0.05) is 87.9 Å². The van der Waals surface area contributed by atoms with E-state index in [9.17, 15) is 9.59 Å². The number of hydrogen-bond donors (Lipinski definition) is 0. The molecule has 6 nitrogen and oxygen atoms in total. The quantitative estimate of drug-likeness (QED) is 0.211. The van der Waals surface area contributed by atoms with Crippen LogP contribution in [0.1, 0.15) is 41.0 Å². The minimum atomic E-state index is -0.686. The highest BCUT2D eigenvalue weighted by atomic mass is 79.9. The first kappa shape index (κ1) is 27.9. The Labute approximate surface area is 255 Å². The molecule has 1 aliphatic rings. The van der Waals surface area contributed by atoms with Crippen molar-refractivity contribution in [3.05, 3.63) is 149 Å². The molecule has 0 N–H and O–H groups in total. The number of nitrogens with zero attached hydrogens (tertiary/aromatic N) is 3. The van der Waals surface area contributed by atoms with Gasteiger partial charge in [0.15, 0.2) is 4.80 Å². The predicted octanol–water partition coefficient (Wildman–Crippen LogP) is 6.11. The second kappa shape index (κ2) is 11.5. The molecule has 5 aromatic rings. The van der Waals surface area contributed by atoms with Crippen LogP contribution < -0.4 is 14.9 Å². The summed E-state index contributed by atoms with van der Waals surface area (Å²) in [6, 6.07) is 28.7. The lowest BCUT2D eigenvalue weighted by Gasteiger charge is -2.25. The summed E-state index contributed by atoms with van der Waals surface area (Å²) < 4.78 is 10.9. The maximum atomic E-state index is 14.2. The number of hydrogen-bond acceptors (Lipinski definition) is 5. The molecule has 210 valence electrons. The summed E-state index contributed by atoms with van der Waals surface area (Å²) in [5, 5.41) is 0. The molecule has 3 aromatic carbocycles. The van der Waals surface area contributed by atoms with E-state index in [-0.39, 0.29) is 12.2 Å².